The number of aliphatic hydroxyl groups is 2. The van der Waals surface area contributed by atoms with Crippen LogP contribution < -0.4 is 0 Å². The van der Waals surface area contributed by atoms with Crippen LogP contribution in [0.3, 0.4) is 0 Å². The number of carbonyl (C=O) groups excluding carboxylic acids is 1. The molecule has 8 heteroatoms. The third-order valence-electron chi connectivity index (χ3n) is 3.61. The molecule has 2 N–H and O–H groups in total. The number of benzene rings is 1. The highest BCUT2D eigenvalue weighted by Crippen LogP contribution is 2.33. The molecule has 1 aromatic rings. The van der Waals surface area contributed by atoms with Crippen LogP contribution in [-0.2, 0) is 9.47 Å². The average Bonchev–Trinajstić information content (AvgIpc) is 2.54. The maximum absolute atomic E-state index is 12.6. The number of nitrogens with zero attached hydrogens (tertiary/aromatic N) is 3. The van der Waals surface area contributed by atoms with Crippen LogP contribution in [0.4, 0.5) is 0 Å². The maximum Gasteiger partial charge on any atom is 0.199 e. The second-order valence-corrected chi connectivity index (χ2v) is 5.05. The summed E-state index contributed by atoms with van der Waals surface area (Å²) in [6.45, 7) is -0.118. The normalized spacial score (nSPS) is 31.3. The summed E-state index contributed by atoms with van der Waals surface area (Å²) in [7, 11) is 1.29. The first-order valence-electron chi connectivity index (χ1n) is 6.72. The summed E-state index contributed by atoms with van der Waals surface area (Å²) in [5.74, 6) is -0.596. The first-order chi connectivity index (χ1) is 10.5. The Labute approximate surface area is 126 Å². The van der Waals surface area contributed by atoms with Gasteiger partial charge in [-0.15, -0.1) is 0 Å². The molecular weight excluding hydrogens is 290 g/mol. The lowest BCUT2D eigenvalue weighted by Crippen LogP contribution is -2.61. The van der Waals surface area contributed by atoms with Crippen molar-refractivity contribution in [2.45, 2.75) is 30.5 Å². The number of hydrogen-bond donors (Lipinski definition) is 2. The quantitative estimate of drug-likeness (QED) is 0.364. The summed E-state index contributed by atoms with van der Waals surface area (Å²) < 4.78 is 10.5. The van der Waals surface area contributed by atoms with E-state index in [1.807, 2.05) is 0 Å². The lowest BCUT2D eigenvalue weighted by atomic mass is 9.83. The van der Waals surface area contributed by atoms with Crippen molar-refractivity contribution in [2.24, 2.45) is 5.11 Å². The summed E-state index contributed by atoms with van der Waals surface area (Å²) in [5, 5.41) is 24.1. The van der Waals surface area contributed by atoms with Gasteiger partial charge in [0.25, 0.3) is 0 Å². The van der Waals surface area contributed by atoms with E-state index in [1.54, 1.807) is 30.3 Å². The van der Waals surface area contributed by atoms with Gasteiger partial charge in [0.1, 0.15) is 0 Å². The SMILES string of the molecule is CO[C@H]1O[C@H](CN=[N+]=[N-])[C@@H](O)C[C@]1(O)C(=O)c1ccccc1. The van der Waals surface area contributed by atoms with Crippen molar-refractivity contribution in [1.29, 1.82) is 0 Å². The number of aliphatic hydroxyl groups excluding tert-OH is 1. The van der Waals surface area contributed by atoms with E-state index in [4.69, 9.17) is 15.0 Å². The minimum absolute atomic E-state index is 0.118. The van der Waals surface area contributed by atoms with Crippen molar-refractivity contribution in [3.05, 3.63) is 46.3 Å². The van der Waals surface area contributed by atoms with Crippen LogP contribution in [0, 0.1) is 0 Å². The Morgan fingerprint density at radius 3 is 2.82 bits per heavy atom. The standard InChI is InChI=1S/C14H17N3O5/c1-21-13-14(20,12(19)9-5-3-2-4-6-9)7-10(18)11(22-13)8-16-17-15/h2-6,10-11,13,18,20H,7-8H2,1H3/t10-,11+,13-,14-/m0/s1. The molecule has 118 valence electrons. The van der Waals surface area contributed by atoms with Crippen molar-refractivity contribution in [1.82, 2.24) is 0 Å². The van der Waals surface area contributed by atoms with Crippen LogP contribution in [-0.4, -0.2) is 53.7 Å². The maximum atomic E-state index is 12.6. The summed E-state index contributed by atoms with van der Waals surface area (Å²) in [6.07, 6.45) is -3.54. The van der Waals surface area contributed by atoms with Gasteiger partial charge in [0, 0.05) is 24.0 Å². The topological polar surface area (TPSA) is 125 Å². The second kappa shape index (κ2) is 6.87. The lowest BCUT2D eigenvalue weighted by Gasteiger charge is -2.43. The molecule has 1 saturated heterocycles. The average molecular weight is 307 g/mol. The smallest absolute Gasteiger partial charge is 0.199 e. The third-order valence-corrected chi connectivity index (χ3v) is 3.61. The molecule has 2 rings (SSSR count). The van der Waals surface area contributed by atoms with Gasteiger partial charge < -0.3 is 19.7 Å². The van der Waals surface area contributed by atoms with Crippen LogP contribution >= 0.6 is 0 Å². The molecule has 1 aliphatic rings. The van der Waals surface area contributed by atoms with E-state index in [2.05, 4.69) is 10.0 Å². The first-order valence-corrected chi connectivity index (χ1v) is 6.72. The monoisotopic (exact) mass is 307 g/mol. The highest BCUT2D eigenvalue weighted by atomic mass is 16.7. The van der Waals surface area contributed by atoms with Crippen molar-refractivity contribution in [3.8, 4) is 0 Å². The highest BCUT2D eigenvalue weighted by Gasteiger charge is 2.52. The summed E-state index contributed by atoms with van der Waals surface area (Å²) in [6, 6.07) is 8.21. The molecule has 0 radical (unpaired) electrons. The van der Waals surface area contributed by atoms with Crippen LogP contribution in [0.2, 0.25) is 0 Å². The molecule has 0 amide bonds. The largest absolute Gasteiger partial charge is 0.390 e. The molecule has 0 bridgehead atoms. The van der Waals surface area contributed by atoms with Gasteiger partial charge in [-0.2, -0.15) is 0 Å². The highest BCUT2D eigenvalue weighted by molar-refractivity contribution is 6.02. The minimum Gasteiger partial charge on any atom is -0.390 e. The van der Waals surface area contributed by atoms with E-state index in [0.717, 1.165) is 0 Å². The molecule has 8 nitrogen and oxygen atoms in total. The number of azide groups is 1. The fourth-order valence-corrected chi connectivity index (χ4v) is 2.48. The molecule has 0 saturated carbocycles. The summed E-state index contributed by atoms with van der Waals surface area (Å²) in [4.78, 5) is 15.2. The summed E-state index contributed by atoms with van der Waals surface area (Å²) in [5.41, 5.74) is 6.61. The molecule has 1 aromatic carbocycles. The number of ether oxygens (including phenoxy) is 2. The van der Waals surface area contributed by atoms with Crippen LogP contribution in [0.1, 0.15) is 16.8 Å². The molecular formula is C14H17N3O5. The Kier molecular flexibility index (Phi) is 5.12. The number of hydrogen-bond acceptors (Lipinski definition) is 6. The van der Waals surface area contributed by atoms with Gasteiger partial charge in [-0.05, 0) is 5.53 Å². The van der Waals surface area contributed by atoms with Crippen molar-refractivity contribution >= 4 is 5.78 Å². The van der Waals surface area contributed by atoms with E-state index in [-0.39, 0.29) is 18.5 Å². The van der Waals surface area contributed by atoms with E-state index in [0.29, 0.717) is 0 Å². The van der Waals surface area contributed by atoms with Gasteiger partial charge in [0.2, 0.25) is 0 Å². The van der Waals surface area contributed by atoms with Crippen LogP contribution in [0.15, 0.2) is 35.4 Å². The Bertz CT molecular complexity index is 575. The number of methoxy groups -OCH3 is 1. The van der Waals surface area contributed by atoms with E-state index < -0.39 is 29.9 Å². The van der Waals surface area contributed by atoms with Gasteiger partial charge in [0.15, 0.2) is 17.7 Å². The summed E-state index contributed by atoms with van der Waals surface area (Å²) >= 11 is 0. The molecule has 22 heavy (non-hydrogen) atoms. The Morgan fingerprint density at radius 1 is 1.55 bits per heavy atom. The Morgan fingerprint density at radius 2 is 2.23 bits per heavy atom. The molecule has 0 spiro atoms. The zero-order valence-electron chi connectivity index (χ0n) is 12.0. The minimum atomic E-state index is -2.01. The fourth-order valence-electron chi connectivity index (χ4n) is 2.48. The van der Waals surface area contributed by atoms with Gasteiger partial charge in [-0.3, -0.25) is 4.79 Å². The van der Waals surface area contributed by atoms with Gasteiger partial charge in [-0.1, -0.05) is 35.4 Å². The van der Waals surface area contributed by atoms with E-state index in [9.17, 15) is 15.0 Å². The Hall–Kier alpha value is -1.96. The molecule has 1 heterocycles. The fraction of sp³-hybridized carbons (Fsp3) is 0.500. The molecule has 0 aromatic heterocycles. The van der Waals surface area contributed by atoms with Gasteiger partial charge in [-0.25, -0.2) is 0 Å². The predicted octanol–water partition coefficient (Wildman–Crippen LogP) is 1.03. The van der Waals surface area contributed by atoms with E-state index in [1.165, 1.54) is 7.11 Å². The Balaban J connectivity index is 2.25. The lowest BCUT2D eigenvalue weighted by molar-refractivity contribution is -0.276. The number of Topliss-reactive ketones (excluding diaryl/α,β-unsaturated/α-hetero) is 1. The molecule has 1 aliphatic heterocycles. The molecule has 0 unspecified atom stereocenters. The zero-order valence-corrected chi connectivity index (χ0v) is 12.0. The number of ketones is 1. The number of carbonyl (C=O) groups is 1. The van der Waals surface area contributed by atoms with Crippen molar-refractivity contribution < 1.29 is 24.5 Å². The predicted molar refractivity (Wildman–Crippen MR) is 76.0 cm³/mol. The van der Waals surface area contributed by atoms with E-state index >= 15 is 0 Å². The van der Waals surface area contributed by atoms with Gasteiger partial charge in [0.05, 0.1) is 18.8 Å². The van der Waals surface area contributed by atoms with Crippen molar-refractivity contribution in [2.75, 3.05) is 13.7 Å². The third kappa shape index (κ3) is 3.11. The molecule has 4 atom stereocenters. The second-order valence-electron chi connectivity index (χ2n) is 5.05. The molecule has 0 aliphatic carbocycles. The first kappa shape index (κ1) is 16.4. The number of rotatable bonds is 5. The zero-order chi connectivity index (χ0) is 16.2. The van der Waals surface area contributed by atoms with Crippen LogP contribution in [0.5, 0.6) is 0 Å². The van der Waals surface area contributed by atoms with Crippen LogP contribution in [0.25, 0.3) is 10.4 Å². The van der Waals surface area contributed by atoms with Gasteiger partial charge >= 0.3 is 0 Å². The van der Waals surface area contributed by atoms with Crippen molar-refractivity contribution in [3.63, 3.8) is 0 Å². The molecule has 1 fully saturated rings.